The molecule has 2 heterocycles. The van der Waals surface area contributed by atoms with Gasteiger partial charge >= 0.3 is 0 Å². The Labute approximate surface area is 122 Å². The van der Waals surface area contributed by atoms with Crippen LogP contribution in [-0.2, 0) is 6.42 Å². The predicted octanol–water partition coefficient (Wildman–Crippen LogP) is 2.36. The first kappa shape index (κ1) is 13.9. The van der Waals surface area contributed by atoms with Gasteiger partial charge in [0.15, 0.2) is 0 Å². The van der Waals surface area contributed by atoms with E-state index in [1.807, 2.05) is 0 Å². The van der Waals surface area contributed by atoms with E-state index in [2.05, 4.69) is 36.9 Å². The Morgan fingerprint density at radius 1 is 1.40 bits per heavy atom. The quantitative estimate of drug-likeness (QED) is 0.919. The van der Waals surface area contributed by atoms with Gasteiger partial charge in [-0.25, -0.2) is 0 Å². The number of hydrogen-bond donors (Lipinski definition) is 1. The zero-order valence-electron chi connectivity index (χ0n) is 12.6. The van der Waals surface area contributed by atoms with Gasteiger partial charge in [-0.15, -0.1) is 0 Å². The van der Waals surface area contributed by atoms with Gasteiger partial charge in [-0.2, -0.15) is 0 Å². The summed E-state index contributed by atoms with van der Waals surface area (Å²) >= 11 is 0. The number of ether oxygens (including phenoxy) is 1. The summed E-state index contributed by atoms with van der Waals surface area (Å²) in [7, 11) is 0. The molecule has 1 aromatic carbocycles. The van der Waals surface area contributed by atoms with Crippen LogP contribution >= 0.6 is 0 Å². The molecule has 3 heteroatoms. The molecule has 2 aliphatic rings. The van der Waals surface area contributed by atoms with Gasteiger partial charge < -0.3 is 10.5 Å². The van der Waals surface area contributed by atoms with E-state index in [9.17, 15) is 0 Å². The van der Waals surface area contributed by atoms with Gasteiger partial charge in [-0.3, -0.25) is 4.90 Å². The van der Waals surface area contributed by atoms with Gasteiger partial charge in [0.25, 0.3) is 0 Å². The van der Waals surface area contributed by atoms with Gasteiger partial charge in [0.1, 0.15) is 11.9 Å². The predicted molar refractivity (Wildman–Crippen MR) is 82.1 cm³/mol. The average molecular weight is 274 g/mol. The normalized spacial score (nSPS) is 30.1. The Kier molecular flexibility index (Phi) is 3.99. The Morgan fingerprint density at radius 3 is 3.05 bits per heavy atom. The largest absolute Gasteiger partial charge is 0.488 e. The van der Waals surface area contributed by atoms with Crippen LogP contribution in [-0.4, -0.2) is 36.7 Å². The summed E-state index contributed by atoms with van der Waals surface area (Å²) < 4.78 is 6.11. The highest BCUT2D eigenvalue weighted by atomic mass is 16.5. The topological polar surface area (TPSA) is 38.5 Å². The molecule has 3 nitrogen and oxygen atoms in total. The molecule has 20 heavy (non-hydrogen) atoms. The molecule has 2 aliphatic heterocycles. The van der Waals surface area contributed by atoms with Crippen LogP contribution in [0.3, 0.4) is 0 Å². The van der Waals surface area contributed by atoms with Crippen molar-refractivity contribution in [3.05, 3.63) is 29.3 Å². The van der Waals surface area contributed by atoms with Crippen molar-refractivity contribution in [2.24, 2.45) is 11.7 Å². The van der Waals surface area contributed by atoms with Crippen molar-refractivity contribution in [3.8, 4) is 5.75 Å². The summed E-state index contributed by atoms with van der Waals surface area (Å²) in [5, 5.41) is 0. The maximum atomic E-state index is 6.11. The van der Waals surface area contributed by atoms with Crippen LogP contribution in [0.2, 0.25) is 0 Å². The third-order valence-electron chi connectivity index (χ3n) is 4.87. The summed E-state index contributed by atoms with van der Waals surface area (Å²) in [5.41, 5.74) is 8.66. The van der Waals surface area contributed by atoms with E-state index in [0.717, 1.165) is 25.3 Å². The Hall–Kier alpha value is -1.06. The zero-order chi connectivity index (χ0) is 14.1. The minimum atomic E-state index is 0.297. The van der Waals surface area contributed by atoms with Gasteiger partial charge in [0, 0.05) is 25.6 Å². The maximum Gasteiger partial charge on any atom is 0.123 e. The highest BCUT2D eigenvalue weighted by Crippen LogP contribution is 2.31. The van der Waals surface area contributed by atoms with Crippen molar-refractivity contribution >= 4 is 0 Å². The second-order valence-electron chi connectivity index (χ2n) is 6.47. The molecule has 0 aromatic heterocycles. The number of rotatable bonds is 3. The monoisotopic (exact) mass is 274 g/mol. The third-order valence-corrected chi connectivity index (χ3v) is 4.87. The summed E-state index contributed by atoms with van der Waals surface area (Å²) in [6.07, 6.45) is 3.94. The molecule has 1 fully saturated rings. The number of benzene rings is 1. The molecular formula is C17H26N2O. The van der Waals surface area contributed by atoms with Crippen molar-refractivity contribution < 1.29 is 4.74 Å². The lowest BCUT2D eigenvalue weighted by molar-refractivity contribution is 0.0650. The maximum absolute atomic E-state index is 6.11. The van der Waals surface area contributed by atoms with Crippen molar-refractivity contribution in [2.45, 2.75) is 45.3 Å². The van der Waals surface area contributed by atoms with Crippen LogP contribution in [0.1, 0.15) is 30.9 Å². The lowest BCUT2D eigenvalue weighted by atomic mass is 9.90. The summed E-state index contributed by atoms with van der Waals surface area (Å²) in [6.45, 7) is 7.42. The zero-order valence-corrected chi connectivity index (χ0v) is 12.6. The molecule has 0 spiro atoms. The molecule has 0 amide bonds. The smallest absolute Gasteiger partial charge is 0.123 e. The van der Waals surface area contributed by atoms with Gasteiger partial charge in [0.2, 0.25) is 0 Å². The first-order chi connectivity index (χ1) is 9.67. The van der Waals surface area contributed by atoms with Crippen LogP contribution in [0.5, 0.6) is 5.75 Å². The van der Waals surface area contributed by atoms with Crippen LogP contribution in [0.4, 0.5) is 0 Å². The molecule has 3 unspecified atom stereocenters. The summed E-state index contributed by atoms with van der Waals surface area (Å²) in [6, 6.07) is 7.03. The minimum Gasteiger partial charge on any atom is -0.488 e. The summed E-state index contributed by atoms with van der Waals surface area (Å²) in [4.78, 5) is 2.55. The fourth-order valence-electron chi connectivity index (χ4n) is 3.76. The van der Waals surface area contributed by atoms with E-state index < -0.39 is 0 Å². The second kappa shape index (κ2) is 5.74. The molecule has 2 N–H and O–H groups in total. The Balaban J connectivity index is 1.65. The van der Waals surface area contributed by atoms with E-state index in [1.54, 1.807) is 0 Å². The number of likely N-dealkylation sites (tertiary alicyclic amines) is 1. The lowest BCUT2D eigenvalue weighted by Crippen LogP contribution is -2.51. The fraction of sp³-hybridized carbons (Fsp3) is 0.647. The van der Waals surface area contributed by atoms with Crippen LogP contribution < -0.4 is 10.5 Å². The van der Waals surface area contributed by atoms with Gasteiger partial charge in [-0.05, 0) is 43.9 Å². The number of hydrogen-bond acceptors (Lipinski definition) is 3. The second-order valence-corrected chi connectivity index (χ2v) is 6.47. The molecule has 0 bridgehead atoms. The van der Waals surface area contributed by atoms with Crippen LogP contribution in [0, 0.1) is 12.8 Å². The first-order valence-electron chi connectivity index (χ1n) is 7.87. The number of fused-ring (bicyclic) bond motifs is 1. The highest BCUT2D eigenvalue weighted by molar-refractivity contribution is 5.40. The van der Waals surface area contributed by atoms with Crippen LogP contribution in [0.15, 0.2) is 18.2 Å². The number of piperidine rings is 1. The van der Waals surface area contributed by atoms with E-state index >= 15 is 0 Å². The van der Waals surface area contributed by atoms with E-state index in [0.29, 0.717) is 18.1 Å². The third kappa shape index (κ3) is 2.70. The molecule has 3 rings (SSSR count). The van der Waals surface area contributed by atoms with Gasteiger partial charge in [0.05, 0.1) is 0 Å². The first-order valence-corrected chi connectivity index (χ1v) is 7.87. The van der Waals surface area contributed by atoms with E-state index in [4.69, 9.17) is 10.5 Å². The Bertz CT molecular complexity index is 474. The van der Waals surface area contributed by atoms with Crippen molar-refractivity contribution in [2.75, 3.05) is 19.6 Å². The van der Waals surface area contributed by atoms with E-state index in [-0.39, 0.29) is 0 Å². The molecule has 0 saturated carbocycles. The minimum absolute atomic E-state index is 0.297. The fourth-order valence-corrected chi connectivity index (χ4v) is 3.76. The van der Waals surface area contributed by atoms with E-state index in [1.165, 1.54) is 30.5 Å². The molecule has 3 atom stereocenters. The highest BCUT2D eigenvalue weighted by Gasteiger charge is 2.31. The molecule has 1 aromatic rings. The van der Waals surface area contributed by atoms with Crippen molar-refractivity contribution in [1.29, 1.82) is 0 Å². The van der Waals surface area contributed by atoms with Gasteiger partial charge in [-0.1, -0.05) is 24.6 Å². The summed E-state index contributed by atoms with van der Waals surface area (Å²) in [5.74, 6) is 1.79. The standard InChI is InChI=1S/C17H26N2O/c1-12-5-6-17-14(8-12)9-15(20-17)11-19-7-3-4-13(2)16(19)10-18/h5-6,8,13,15-16H,3-4,7,9-11,18H2,1-2H3. The Morgan fingerprint density at radius 2 is 2.25 bits per heavy atom. The number of aryl methyl sites for hydroxylation is 1. The van der Waals surface area contributed by atoms with Crippen molar-refractivity contribution in [1.82, 2.24) is 4.90 Å². The average Bonchev–Trinajstić information content (AvgIpc) is 2.80. The molecule has 0 radical (unpaired) electrons. The number of nitrogens with two attached hydrogens (primary N) is 1. The number of nitrogens with zero attached hydrogens (tertiary/aromatic N) is 1. The van der Waals surface area contributed by atoms with Crippen molar-refractivity contribution in [3.63, 3.8) is 0 Å². The molecule has 110 valence electrons. The molecule has 1 saturated heterocycles. The molecule has 0 aliphatic carbocycles. The van der Waals surface area contributed by atoms with Crippen LogP contribution in [0.25, 0.3) is 0 Å². The lowest BCUT2D eigenvalue weighted by Gasteiger charge is -2.40. The SMILES string of the molecule is Cc1ccc2c(c1)CC(CN1CCCC(C)C1CN)O2. The molecular weight excluding hydrogens is 248 g/mol.